The second-order valence-corrected chi connectivity index (χ2v) is 6.95. The van der Waals surface area contributed by atoms with E-state index in [9.17, 15) is 5.11 Å². The Kier molecular flexibility index (Phi) is 6.32. The van der Waals surface area contributed by atoms with Crippen molar-refractivity contribution in [2.24, 2.45) is 4.99 Å². The molecule has 1 heterocycles. The zero-order chi connectivity index (χ0) is 20.1. The number of nitrogens with one attached hydrogen (secondary N) is 1. The van der Waals surface area contributed by atoms with Crippen molar-refractivity contribution in [2.75, 3.05) is 6.54 Å². The molecule has 1 aromatic heterocycles. The number of rotatable bonds is 5. The number of amidine groups is 1. The molecule has 1 unspecified atom stereocenters. The summed E-state index contributed by atoms with van der Waals surface area (Å²) in [5.74, 6) is 0.864. The maximum atomic E-state index is 11.0. The number of phenolic OH excluding ortho intramolecular Hbond substituents is 1. The number of benzene rings is 2. The number of fused-ring (bicyclic) bond motifs is 1. The van der Waals surface area contributed by atoms with Gasteiger partial charge in [-0.1, -0.05) is 47.5 Å². The molecule has 0 amide bonds. The Balaban J connectivity index is 2.20. The Labute approximate surface area is 170 Å². The summed E-state index contributed by atoms with van der Waals surface area (Å²) in [5.41, 5.74) is 3.29. The molecule has 3 rings (SSSR count). The predicted octanol–water partition coefficient (Wildman–Crippen LogP) is 5.58. The molecular weight excluding hydrogens is 370 g/mol. The van der Waals surface area contributed by atoms with Gasteiger partial charge in [-0.15, -0.1) is 0 Å². The predicted molar refractivity (Wildman–Crippen MR) is 117 cm³/mol. The Morgan fingerprint density at radius 2 is 2.11 bits per heavy atom. The minimum absolute atomic E-state index is 0.121. The fourth-order valence-electron chi connectivity index (χ4n) is 3.24. The van der Waals surface area contributed by atoms with Gasteiger partial charge in [0.05, 0.1) is 11.1 Å². The van der Waals surface area contributed by atoms with E-state index in [0.717, 1.165) is 22.3 Å². The molecule has 0 aliphatic carbocycles. The molecule has 3 aromatic rings. The van der Waals surface area contributed by atoms with Crippen molar-refractivity contribution in [2.45, 2.75) is 26.8 Å². The van der Waals surface area contributed by atoms with Crippen LogP contribution in [0.15, 0.2) is 65.8 Å². The molecule has 144 valence electrons. The molecule has 2 N–H and O–H groups in total. The fraction of sp³-hybridized carbons (Fsp3) is 0.217. The van der Waals surface area contributed by atoms with Crippen molar-refractivity contribution < 1.29 is 5.11 Å². The largest absolute Gasteiger partial charge is 0.505 e. The third-order valence-electron chi connectivity index (χ3n) is 4.48. The van der Waals surface area contributed by atoms with Gasteiger partial charge in [-0.05, 0) is 50.6 Å². The van der Waals surface area contributed by atoms with Crippen LogP contribution in [0.5, 0.6) is 5.75 Å². The van der Waals surface area contributed by atoms with Crippen LogP contribution in [-0.2, 0) is 0 Å². The van der Waals surface area contributed by atoms with Crippen LogP contribution in [0.4, 0.5) is 0 Å². The van der Waals surface area contributed by atoms with Crippen molar-refractivity contribution >= 4 is 28.3 Å². The summed E-state index contributed by atoms with van der Waals surface area (Å²) in [6, 6.07) is 13.3. The molecule has 28 heavy (non-hydrogen) atoms. The van der Waals surface area contributed by atoms with Crippen molar-refractivity contribution in [3.8, 4) is 5.75 Å². The first-order valence-electron chi connectivity index (χ1n) is 9.31. The molecule has 1 atom stereocenters. The van der Waals surface area contributed by atoms with Crippen LogP contribution in [0.2, 0.25) is 5.02 Å². The minimum atomic E-state index is -0.328. The number of hydrogen-bond donors (Lipinski definition) is 2. The van der Waals surface area contributed by atoms with Crippen molar-refractivity contribution in [3.63, 3.8) is 0 Å². The maximum absolute atomic E-state index is 11.0. The molecule has 5 heteroatoms. The summed E-state index contributed by atoms with van der Waals surface area (Å²) in [5, 5.41) is 15.8. The van der Waals surface area contributed by atoms with E-state index in [0.29, 0.717) is 22.6 Å². The van der Waals surface area contributed by atoms with Crippen molar-refractivity contribution in [1.82, 2.24) is 10.3 Å². The second kappa shape index (κ2) is 8.89. The highest BCUT2D eigenvalue weighted by Gasteiger charge is 2.22. The molecule has 0 saturated heterocycles. The molecular formula is C23H24ClN3O. The van der Waals surface area contributed by atoms with Crippen LogP contribution in [0.3, 0.4) is 0 Å². The van der Waals surface area contributed by atoms with Gasteiger partial charge in [0, 0.05) is 23.7 Å². The van der Waals surface area contributed by atoms with Gasteiger partial charge in [0.1, 0.15) is 17.1 Å². The molecule has 0 aliphatic heterocycles. The fourth-order valence-corrected chi connectivity index (χ4v) is 3.51. The van der Waals surface area contributed by atoms with E-state index in [1.165, 1.54) is 0 Å². The maximum Gasteiger partial charge on any atom is 0.147 e. The molecule has 2 aromatic carbocycles. The number of aromatic hydroxyl groups is 1. The van der Waals surface area contributed by atoms with Crippen LogP contribution in [-0.4, -0.2) is 22.5 Å². The lowest BCUT2D eigenvalue weighted by Gasteiger charge is -2.23. The van der Waals surface area contributed by atoms with Gasteiger partial charge in [-0.3, -0.25) is 9.98 Å². The minimum Gasteiger partial charge on any atom is -0.505 e. The number of phenols is 1. The summed E-state index contributed by atoms with van der Waals surface area (Å²) in [7, 11) is 0. The van der Waals surface area contributed by atoms with E-state index in [-0.39, 0.29) is 11.8 Å². The lowest BCUT2D eigenvalue weighted by atomic mass is 9.95. The van der Waals surface area contributed by atoms with Crippen LogP contribution >= 0.6 is 11.6 Å². The number of hydrogen-bond acceptors (Lipinski definition) is 3. The molecule has 0 fully saturated rings. The third-order valence-corrected chi connectivity index (χ3v) is 4.79. The summed E-state index contributed by atoms with van der Waals surface area (Å²) < 4.78 is 0. The Bertz CT molecular complexity index is 1040. The van der Waals surface area contributed by atoms with Gasteiger partial charge in [0.15, 0.2) is 0 Å². The van der Waals surface area contributed by atoms with Crippen molar-refractivity contribution in [3.05, 3.63) is 82.5 Å². The van der Waals surface area contributed by atoms with Crippen LogP contribution in [0, 0.1) is 6.92 Å². The highest BCUT2D eigenvalue weighted by molar-refractivity contribution is 6.35. The zero-order valence-electron chi connectivity index (χ0n) is 16.3. The first-order chi connectivity index (χ1) is 13.5. The number of aromatic nitrogens is 1. The van der Waals surface area contributed by atoms with Gasteiger partial charge in [-0.2, -0.15) is 0 Å². The number of aryl methyl sites for hydroxylation is 1. The molecule has 4 nitrogen and oxygen atoms in total. The standard InChI is InChI=1S/C23H24ClN3O/c1-4-8-20(25-5-2)27-21(16-10-6-9-15(3)13-16)18-14-19(24)17-11-7-12-26-22(17)23(18)28/h4,6-14,21,28H,5H2,1-3H3,(H,25,27)/b8-4-. The van der Waals surface area contributed by atoms with Gasteiger partial charge >= 0.3 is 0 Å². The Morgan fingerprint density at radius 1 is 1.29 bits per heavy atom. The highest BCUT2D eigenvalue weighted by atomic mass is 35.5. The summed E-state index contributed by atoms with van der Waals surface area (Å²) in [4.78, 5) is 8.87. The first-order valence-corrected chi connectivity index (χ1v) is 9.69. The normalized spacial score (nSPS) is 13.2. The molecule has 0 spiro atoms. The summed E-state index contributed by atoms with van der Waals surface area (Å²) in [6.45, 7) is 6.63. The molecule has 0 bridgehead atoms. The van der Waals surface area contributed by atoms with Crippen LogP contribution in [0.1, 0.15) is 36.6 Å². The first kappa shape index (κ1) is 19.9. The van der Waals surface area contributed by atoms with E-state index in [4.69, 9.17) is 11.6 Å². The average molecular weight is 394 g/mol. The summed E-state index contributed by atoms with van der Waals surface area (Å²) >= 11 is 6.53. The zero-order valence-corrected chi connectivity index (χ0v) is 17.0. The van der Waals surface area contributed by atoms with E-state index >= 15 is 0 Å². The summed E-state index contributed by atoms with van der Waals surface area (Å²) in [6.07, 6.45) is 5.51. The SMILES string of the molecule is C/C=C\C(=NCC)NC(c1cccc(C)c1)c1cc(Cl)c2cccnc2c1O. The molecule has 0 radical (unpaired) electrons. The molecule has 0 aliphatic rings. The van der Waals surface area contributed by atoms with Gasteiger partial charge in [0.2, 0.25) is 0 Å². The Morgan fingerprint density at radius 3 is 2.82 bits per heavy atom. The highest BCUT2D eigenvalue weighted by Crippen LogP contribution is 2.38. The van der Waals surface area contributed by atoms with Crippen LogP contribution in [0.25, 0.3) is 10.9 Å². The monoisotopic (exact) mass is 393 g/mol. The van der Waals surface area contributed by atoms with Crippen molar-refractivity contribution in [1.29, 1.82) is 0 Å². The van der Waals surface area contributed by atoms with Gasteiger partial charge in [0.25, 0.3) is 0 Å². The van der Waals surface area contributed by atoms with Crippen LogP contribution < -0.4 is 5.32 Å². The molecule has 0 saturated carbocycles. The third kappa shape index (κ3) is 4.18. The van der Waals surface area contributed by atoms with E-state index < -0.39 is 0 Å². The second-order valence-electron chi connectivity index (χ2n) is 6.55. The average Bonchev–Trinajstić information content (AvgIpc) is 2.69. The smallest absolute Gasteiger partial charge is 0.147 e. The van der Waals surface area contributed by atoms with E-state index in [2.05, 4.69) is 21.4 Å². The number of pyridine rings is 1. The topological polar surface area (TPSA) is 57.5 Å². The number of nitrogens with zero attached hydrogens (tertiary/aromatic N) is 2. The number of allylic oxidation sites excluding steroid dienone is 1. The number of halogens is 1. The number of aliphatic imine (C=N–C) groups is 1. The van der Waals surface area contributed by atoms with E-state index in [1.807, 2.05) is 63.3 Å². The quantitative estimate of drug-likeness (QED) is 0.439. The van der Waals surface area contributed by atoms with Gasteiger partial charge < -0.3 is 10.4 Å². The lowest BCUT2D eigenvalue weighted by molar-refractivity contribution is 0.468. The lowest BCUT2D eigenvalue weighted by Crippen LogP contribution is -2.28. The van der Waals surface area contributed by atoms with E-state index in [1.54, 1.807) is 12.3 Å². The van der Waals surface area contributed by atoms with Gasteiger partial charge in [-0.25, -0.2) is 0 Å². The Hall–Kier alpha value is -2.85.